The third-order valence-electron chi connectivity index (χ3n) is 4.97. The summed E-state index contributed by atoms with van der Waals surface area (Å²) in [6.07, 6.45) is 9.26. The van der Waals surface area contributed by atoms with E-state index in [1.165, 1.54) is 12.8 Å². The summed E-state index contributed by atoms with van der Waals surface area (Å²) in [5.74, 6) is 1.45. The van der Waals surface area contributed by atoms with Crippen molar-refractivity contribution in [3.8, 4) is 0 Å². The maximum atomic E-state index is 10.7. The summed E-state index contributed by atoms with van der Waals surface area (Å²) in [4.78, 5) is 11.1. The number of nitrogens with zero attached hydrogens (tertiary/aromatic N) is 3. The average molecular weight is 275 g/mol. The fourth-order valence-corrected chi connectivity index (χ4v) is 3.73. The monoisotopic (exact) mass is 275 g/mol. The molecule has 1 N–H and O–H groups in total. The van der Waals surface area contributed by atoms with Crippen LogP contribution in [0.15, 0.2) is 12.4 Å². The van der Waals surface area contributed by atoms with Gasteiger partial charge >= 0.3 is 0 Å². The van der Waals surface area contributed by atoms with Gasteiger partial charge in [-0.1, -0.05) is 26.2 Å². The van der Waals surface area contributed by atoms with Crippen LogP contribution in [-0.4, -0.2) is 33.8 Å². The Morgan fingerprint density at radius 3 is 3.10 bits per heavy atom. The Morgan fingerprint density at radius 1 is 1.35 bits per heavy atom. The molecule has 1 aromatic rings. The predicted molar refractivity (Wildman–Crippen MR) is 79.8 cm³/mol. The van der Waals surface area contributed by atoms with Crippen molar-refractivity contribution >= 4 is 5.82 Å². The van der Waals surface area contributed by atoms with E-state index in [1.54, 1.807) is 6.33 Å². The van der Waals surface area contributed by atoms with Gasteiger partial charge in [-0.05, 0) is 25.7 Å². The van der Waals surface area contributed by atoms with Gasteiger partial charge in [-0.25, -0.2) is 9.97 Å². The van der Waals surface area contributed by atoms with Crippen molar-refractivity contribution < 1.29 is 5.11 Å². The highest BCUT2D eigenvalue weighted by atomic mass is 16.3. The smallest absolute Gasteiger partial charge is 0.132 e. The van der Waals surface area contributed by atoms with Crippen LogP contribution in [0, 0.1) is 5.92 Å². The molecule has 2 atom stereocenters. The lowest BCUT2D eigenvalue weighted by Gasteiger charge is -2.47. The van der Waals surface area contributed by atoms with Gasteiger partial charge < -0.3 is 10.0 Å². The molecule has 4 nitrogen and oxygen atoms in total. The van der Waals surface area contributed by atoms with Crippen LogP contribution in [0.25, 0.3) is 0 Å². The second kappa shape index (κ2) is 5.68. The van der Waals surface area contributed by atoms with Gasteiger partial charge in [-0.2, -0.15) is 0 Å². The van der Waals surface area contributed by atoms with Crippen molar-refractivity contribution in [2.45, 2.75) is 57.5 Å². The Labute approximate surface area is 121 Å². The number of rotatable bonds is 3. The number of aryl methyl sites for hydroxylation is 1. The van der Waals surface area contributed by atoms with Gasteiger partial charge in [-0.3, -0.25) is 0 Å². The lowest BCUT2D eigenvalue weighted by Crippen LogP contribution is -2.53. The first kappa shape index (κ1) is 13.8. The van der Waals surface area contributed by atoms with E-state index in [-0.39, 0.29) is 0 Å². The van der Waals surface area contributed by atoms with Crippen molar-refractivity contribution in [1.82, 2.24) is 9.97 Å². The molecule has 0 radical (unpaired) electrons. The van der Waals surface area contributed by atoms with Gasteiger partial charge in [-0.15, -0.1) is 0 Å². The molecule has 0 bridgehead atoms. The fourth-order valence-electron chi connectivity index (χ4n) is 3.73. The second-order valence-electron chi connectivity index (χ2n) is 6.36. The first-order valence-electron chi connectivity index (χ1n) is 7.99. The number of hydrogen-bond acceptors (Lipinski definition) is 4. The number of aromatic nitrogens is 2. The van der Waals surface area contributed by atoms with Crippen LogP contribution in [0.4, 0.5) is 5.82 Å². The molecule has 110 valence electrons. The standard InChI is InChI=1S/C16H25N3O/c1-2-5-14-10-15(18-12-17-14)19-9-8-16(20)7-4-3-6-13(16)11-19/h10,12-13,20H,2-9,11H2,1H3. The van der Waals surface area contributed by atoms with E-state index in [1.807, 2.05) is 0 Å². The maximum Gasteiger partial charge on any atom is 0.132 e. The van der Waals surface area contributed by atoms with Gasteiger partial charge in [0.2, 0.25) is 0 Å². The molecule has 1 saturated heterocycles. The highest BCUT2D eigenvalue weighted by Crippen LogP contribution is 2.40. The van der Waals surface area contributed by atoms with E-state index in [0.29, 0.717) is 5.92 Å². The Morgan fingerprint density at radius 2 is 2.25 bits per heavy atom. The fraction of sp³-hybridized carbons (Fsp3) is 0.750. The number of piperidine rings is 1. The zero-order valence-electron chi connectivity index (χ0n) is 12.4. The molecule has 1 aliphatic carbocycles. The topological polar surface area (TPSA) is 49.2 Å². The summed E-state index contributed by atoms with van der Waals surface area (Å²) in [6, 6.07) is 2.12. The first-order chi connectivity index (χ1) is 9.71. The Hall–Kier alpha value is -1.16. The van der Waals surface area contributed by atoms with Gasteiger partial charge in [0.1, 0.15) is 12.1 Å². The molecule has 2 heterocycles. The molecule has 0 amide bonds. The van der Waals surface area contributed by atoms with Crippen LogP contribution in [0.1, 0.15) is 51.1 Å². The number of hydrogen-bond donors (Lipinski definition) is 1. The summed E-state index contributed by atoms with van der Waals surface area (Å²) in [7, 11) is 0. The molecule has 0 spiro atoms. The largest absolute Gasteiger partial charge is 0.389 e. The normalized spacial score (nSPS) is 30.1. The Balaban J connectivity index is 1.74. The van der Waals surface area contributed by atoms with E-state index in [0.717, 1.165) is 56.7 Å². The van der Waals surface area contributed by atoms with E-state index in [4.69, 9.17) is 0 Å². The van der Waals surface area contributed by atoms with Gasteiger partial charge in [0.15, 0.2) is 0 Å². The third-order valence-corrected chi connectivity index (χ3v) is 4.97. The molecule has 20 heavy (non-hydrogen) atoms. The van der Waals surface area contributed by atoms with Crippen LogP contribution < -0.4 is 4.90 Å². The quantitative estimate of drug-likeness (QED) is 0.921. The van der Waals surface area contributed by atoms with Crippen LogP contribution >= 0.6 is 0 Å². The number of anilines is 1. The van der Waals surface area contributed by atoms with Gasteiger partial charge in [0, 0.05) is 30.8 Å². The van der Waals surface area contributed by atoms with E-state index >= 15 is 0 Å². The van der Waals surface area contributed by atoms with Crippen molar-refractivity contribution in [2.75, 3.05) is 18.0 Å². The average Bonchev–Trinajstić information content (AvgIpc) is 2.47. The minimum atomic E-state index is -0.409. The molecule has 4 heteroatoms. The Bertz CT molecular complexity index is 465. The number of aliphatic hydroxyl groups is 1. The predicted octanol–water partition coefficient (Wildman–Crippen LogP) is 2.56. The van der Waals surface area contributed by atoms with Crippen molar-refractivity contribution in [1.29, 1.82) is 0 Å². The van der Waals surface area contributed by atoms with Crippen LogP contribution in [0.3, 0.4) is 0 Å². The first-order valence-corrected chi connectivity index (χ1v) is 7.99. The summed E-state index contributed by atoms with van der Waals surface area (Å²) in [6.45, 7) is 4.03. The molecule has 2 fully saturated rings. The molecule has 0 aromatic carbocycles. The van der Waals surface area contributed by atoms with E-state index < -0.39 is 5.60 Å². The lowest BCUT2D eigenvalue weighted by atomic mass is 9.71. The number of fused-ring (bicyclic) bond motifs is 1. The van der Waals surface area contributed by atoms with Gasteiger partial charge in [0.05, 0.1) is 5.60 Å². The summed E-state index contributed by atoms with van der Waals surface area (Å²) in [5, 5.41) is 10.7. The highest BCUT2D eigenvalue weighted by molar-refractivity contribution is 5.40. The molecule has 1 saturated carbocycles. The molecule has 3 rings (SSSR count). The zero-order valence-corrected chi connectivity index (χ0v) is 12.4. The molecular weight excluding hydrogens is 250 g/mol. The van der Waals surface area contributed by atoms with Gasteiger partial charge in [0.25, 0.3) is 0 Å². The van der Waals surface area contributed by atoms with Crippen LogP contribution in [0.2, 0.25) is 0 Å². The molecule has 1 aromatic heterocycles. The minimum Gasteiger partial charge on any atom is -0.389 e. The minimum absolute atomic E-state index is 0.409. The van der Waals surface area contributed by atoms with Crippen molar-refractivity contribution in [2.24, 2.45) is 5.92 Å². The maximum absolute atomic E-state index is 10.7. The van der Waals surface area contributed by atoms with Crippen molar-refractivity contribution in [3.05, 3.63) is 18.1 Å². The van der Waals surface area contributed by atoms with E-state index in [9.17, 15) is 5.11 Å². The van der Waals surface area contributed by atoms with Crippen molar-refractivity contribution in [3.63, 3.8) is 0 Å². The van der Waals surface area contributed by atoms with Crippen LogP contribution in [-0.2, 0) is 6.42 Å². The molecular formula is C16H25N3O. The third kappa shape index (κ3) is 2.66. The molecule has 1 aliphatic heterocycles. The highest BCUT2D eigenvalue weighted by Gasteiger charge is 2.42. The summed E-state index contributed by atoms with van der Waals surface area (Å²) < 4.78 is 0. The van der Waals surface area contributed by atoms with Crippen LogP contribution in [0.5, 0.6) is 0 Å². The molecule has 2 unspecified atom stereocenters. The second-order valence-corrected chi connectivity index (χ2v) is 6.36. The zero-order chi connectivity index (χ0) is 14.0. The molecule has 2 aliphatic rings. The summed E-state index contributed by atoms with van der Waals surface area (Å²) in [5.41, 5.74) is 0.718. The van der Waals surface area contributed by atoms with E-state index in [2.05, 4.69) is 27.9 Å². The summed E-state index contributed by atoms with van der Waals surface area (Å²) >= 11 is 0. The lowest BCUT2D eigenvalue weighted by molar-refractivity contribution is -0.0613. The Kier molecular flexibility index (Phi) is 3.92. The SMILES string of the molecule is CCCc1cc(N2CCC3(O)CCCCC3C2)ncn1.